The molecule has 0 bridgehead atoms. The van der Waals surface area contributed by atoms with E-state index >= 15 is 0 Å². The summed E-state index contributed by atoms with van der Waals surface area (Å²) in [5.41, 5.74) is 4.52. The quantitative estimate of drug-likeness (QED) is 0.624. The minimum absolute atomic E-state index is 0.296. The minimum Gasteiger partial charge on any atom is -0.444 e. The van der Waals surface area contributed by atoms with Crippen molar-refractivity contribution in [3.8, 4) is 0 Å². The zero-order valence-electron chi connectivity index (χ0n) is 17.8. The molecule has 0 aliphatic carbocycles. The molecular weight excluding hydrogens is 334 g/mol. The summed E-state index contributed by atoms with van der Waals surface area (Å²) in [5, 5.41) is 0. The number of rotatable bonds is 9. The van der Waals surface area contributed by atoms with Gasteiger partial charge in [-0.25, -0.2) is 9.59 Å². The first-order chi connectivity index (χ1) is 11.9. The molecule has 0 saturated heterocycles. The molecule has 0 rings (SSSR count). The zero-order valence-corrected chi connectivity index (χ0v) is 17.8. The smallest absolute Gasteiger partial charge is 0.410 e. The summed E-state index contributed by atoms with van der Waals surface area (Å²) in [5.74, 6) is 0. The predicted octanol–water partition coefficient (Wildman–Crippen LogP) is 3.61. The number of nitrogens with two attached hydrogens (primary N) is 1. The standard InChI is InChI=1S/C19H39N3O4/c1-18(2,3)25-16(23)21(7)13-10-11-15-22(14-9-8-12-20)17(24)26-19(4,5)6/h8-15,20H2,1-7H3. The van der Waals surface area contributed by atoms with Gasteiger partial charge in [0, 0.05) is 26.7 Å². The lowest BCUT2D eigenvalue weighted by Crippen LogP contribution is -2.38. The SMILES string of the molecule is CN(CCCCN(CCCCN)C(=O)OC(C)(C)C)C(=O)OC(C)(C)C. The maximum absolute atomic E-state index is 12.3. The number of nitrogens with zero attached hydrogens (tertiary/aromatic N) is 2. The lowest BCUT2D eigenvalue weighted by molar-refractivity contribution is 0.0226. The van der Waals surface area contributed by atoms with E-state index in [0.717, 1.165) is 25.7 Å². The van der Waals surface area contributed by atoms with E-state index in [4.69, 9.17) is 15.2 Å². The molecule has 0 saturated carbocycles. The van der Waals surface area contributed by atoms with E-state index in [1.54, 1.807) is 16.8 Å². The van der Waals surface area contributed by atoms with Crippen LogP contribution in [0.25, 0.3) is 0 Å². The zero-order chi connectivity index (χ0) is 20.4. The monoisotopic (exact) mass is 373 g/mol. The van der Waals surface area contributed by atoms with Crippen LogP contribution in [0, 0.1) is 0 Å². The molecule has 7 nitrogen and oxygen atoms in total. The first-order valence-corrected chi connectivity index (χ1v) is 9.48. The van der Waals surface area contributed by atoms with Crippen molar-refractivity contribution in [2.75, 3.05) is 33.2 Å². The van der Waals surface area contributed by atoms with Crippen LogP contribution in [0.2, 0.25) is 0 Å². The molecule has 154 valence electrons. The molecule has 2 amide bonds. The molecule has 0 aliphatic heterocycles. The van der Waals surface area contributed by atoms with Crippen LogP contribution in [-0.2, 0) is 9.47 Å². The average molecular weight is 374 g/mol. The molecule has 0 fully saturated rings. The summed E-state index contributed by atoms with van der Waals surface area (Å²) >= 11 is 0. The molecule has 0 unspecified atom stereocenters. The molecule has 2 N–H and O–H groups in total. The van der Waals surface area contributed by atoms with Crippen LogP contribution in [0.5, 0.6) is 0 Å². The Labute approximate surface area is 159 Å². The van der Waals surface area contributed by atoms with Gasteiger partial charge in [0.15, 0.2) is 0 Å². The predicted molar refractivity (Wildman–Crippen MR) is 104 cm³/mol. The van der Waals surface area contributed by atoms with Gasteiger partial charge in [-0.2, -0.15) is 0 Å². The van der Waals surface area contributed by atoms with Crippen molar-refractivity contribution in [3.05, 3.63) is 0 Å². The molecule has 0 aromatic heterocycles. The van der Waals surface area contributed by atoms with Crippen molar-refractivity contribution in [1.29, 1.82) is 0 Å². The van der Waals surface area contributed by atoms with Crippen molar-refractivity contribution in [2.24, 2.45) is 5.73 Å². The van der Waals surface area contributed by atoms with Crippen LogP contribution in [0.4, 0.5) is 9.59 Å². The summed E-state index contributed by atoms with van der Waals surface area (Å²) in [6.45, 7) is 13.5. The van der Waals surface area contributed by atoms with Gasteiger partial charge in [0.05, 0.1) is 0 Å². The highest BCUT2D eigenvalue weighted by Gasteiger charge is 2.22. The Hall–Kier alpha value is -1.50. The second kappa shape index (κ2) is 11.3. The Morgan fingerprint density at radius 2 is 1.19 bits per heavy atom. The Bertz CT molecular complexity index is 427. The van der Waals surface area contributed by atoms with E-state index in [2.05, 4.69) is 0 Å². The third-order valence-corrected chi connectivity index (χ3v) is 3.41. The summed E-state index contributed by atoms with van der Waals surface area (Å²) < 4.78 is 10.8. The van der Waals surface area contributed by atoms with Crippen LogP contribution in [0.3, 0.4) is 0 Å². The fourth-order valence-corrected chi connectivity index (χ4v) is 2.15. The average Bonchev–Trinajstić information content (AvgIpc) is 2.45. The van der Waals surface area contributed by atoms with Gasteiger partial charge in [-0.1, -0.05) is 0 Å². The second-order valence-corrected chi connectivity index (χ2v) is 8.57. The largest absolute Gasteiger partial charge is 0.444 e. The van der Waals surface area contributed by atoms with Gasteiger partial charge >= 0.3 is 12.2 Å². The Morgan fingerprint density at radius 1 is 0.769 bits per heavy atom. The fraction of sp³-hybridized carbons (Fsp3) is 0.895. The fourth-order valence-electron chi connectivity index (χ4n) is 2.15. The number of hydrogen-bond donors (Lipinski definition) is 1. The van der Waals surface area contributed by atoms with Crippen molar-refractivity contribution >= 4 is 12.2 Å². The van der Waals surface area contributed by atoms with E-state index in [9.17, 15) is 9.59 Å². The molecule has 0 aromatic rings. The molecule has 0 aliphatic rings. The van der Waals surface area contributed by atoms with Gasteiger partial charge in [0.25, 0.3) is 0 Å². The van der Waals surface area contributed by atoms with Crippen LogP contribution in [0.1, 0.15) is 67.2 Å². The van der Waals surface area contributed by atoms with E-state index in [-0.39, 0.29) is 12.2 Å². The lowest BCUT2D eigenvalue weighted by atomic mass is 10.2. The van der Waals surface area contributed by atoms with Crippen molar-refractivity contribution in [3.63, 3.8) is 0 Å². The Balaban J connectivity index is 4.38. The number of carbonyl (C=O) groups is 2. The molecule has 0 spiro atoms. The maximum Gasteiger partial charge on any atom is 0.410 e. The van der Waals surface area contributed by atoms with Crippen LogP contribution in [-0.4, -0.2) is 66.4 Å². The van der Waals surface area contributed by atoms with Gasteiger partial charge in [-0.15, -0.1) is 0 Å². The highest BCUT2D eigenvalue weighted by Crippen LogP contribution is 2.12. The molecular formula is C19H39N3O4. The number of ether oxygens (including phenoxy) is 2. The maximum atomic E-state index is 12.3. The summed E-state index contributed by atoms with van der Waals surface area (Å²) in [6.07, 6.45) is 2.68. The van der Waals surface area contributed by atoms with Crippen molar-refractivity contribution < 1.29 is 19.1 Å². The first-order valence-electron chi connectivity index (χ1n) is 9.48. The Morgan fingerprint density at radius 3 is 1.65 bits per heavy atom. The van der Waals surface area contributed by atoms with E-state index in [0.29, 0.717) is 26.2 Å². The molecule has 0 radical (unpaired) electrons. The molecule has 0 aromatic carbocycles. The van der Waals surface area contributed by atoms with Gasteiger partial charge < -0.3 is 25.0 Å². The second-order valence-electron chi connectivity index (χ2n) is 8.57. The van der Waals surface area contributed by atoms with E-state index < -0.39 is 11.2 Å². The number of hydrogen-bond acceptors (Lipinski definition) is 5. The van der Waals surface area contributed by atoms with Crippen LogP contribution >= 0.6 is 0 Å². The third-order valence-electron chi connectivity index (χ3n) is 3.41. The van der Waals surface area contributed by atoms with Gasteiger partial charge in [0.2, 0.25) is 0 Å². The first kappa shape index (κ1) is 24.5. The van der Waals surface area contributed by atoms with Crippen molar-refractivity contribution in [1.82, 2.24) is 9.80 Å². The highest BCUT2D eigenvalue weighted by molar-refractivity contribution is 5.68. The topological polar surface area (TPSA) is 85.1 Å². The van der Waals surface area contributed by atoms with Crippen LogP contribution in [0.15, 0.2) is 0 Å². The van der Waals surface area contributed by atoms with E-state index in [1.165, 1.54) is 0 Å². The number of carbonyl (C=O) groups excluding carboxylic acids is 2. The van der Waals surface area contributed by atoms with E-state index in [1.807, 2.05) is 41.5 Å². The molecule has 7 heteroatoms. The van der Waals surface area contributed by atoms with Crippen molar-refractivity contribution in [2.45, 2.75) is 78.4 Å². The van der Waals surface area contributed by atoms with Gasteiger partial charge in [-0.3, -0.25) is 0 Å². The molecule has 0 heterocycles. The summed E-state index contributed by atoms with van der Waals surface area (Å²) in [7, 11) is 1.72. The minimum atomic E-state index is -0.514. The summed E-state index contributed by atoms with van der Waals surface area (Å²) in [4.78, 5) is 27.6. The number of unbranched alkanes of at least 4 members (excludes halogenated alkanes) is 2. The highest BCUT2D eigenvalue weighted by atomic mass is 16.6. The molecule has 0 atom stereocenters. The number of amides is 2. The van der Waals surface area contributed by atoms with Crippen LogP contribution < -0.4 is 5.73 Å². The normalized spacial score (nSPS) is 11.8. The van der Waals surface area contributed by atoms with Gasteiger partial charge in [0.1, 0.15) is 11.2 Å². The van der Waals surface area contributed by atoms with Gasteiger partial charge in [-0.05, 0) is 73.8 Å². The third kappa shape index (κ3) is 12.8. The lowest BCUT2D eigenvalue weighted by Gasteiger charge is -2.28. The summed E-state index contributed by atoms with van der Waals surface area (Å²) in [6, 6.07) is 0. The Kier molecular flexibility index (Phi) is 10.6. The molecule has 26 heavy (non-hydrogen) atoms.